The summed E-state index contributed by atoms with van der Waals surface area (Å²) in [5.74, 6) is -0.156. The van der Waals surface area contributed by atoms with E-state index < -0.39 is 12.1 Å². The highest BCUT2D eigenvalue weighted by Gasteiger charge is 2.23. The van der Waals surface area contributed by atoms with E-state index >= 15 is 0 Å². The van der Waals surface area contributed by atoms with Crippen LogP contribution in [-0.2, 0) is 16.1 Å². The van der Waals surface area contributed by atoms with Crippen molar-refractivity contribution in [2.75, 3.05) is 11.6 Å². The number of anilines is 1. The first-order valence-electron chi connectivity index (χ1n) is 12.5. The smallest absolute Gasteiger partial charge is 0.338 e. The fourth-order valence-corrected chi connectivity index (χ4v) is 5.28. The molecule has 2 heterocycles. The molecule has 1 N–H and O–H groups in total. The van der Waals surface area contributed by atoms with Crippen molar-refractivity contribution in [2.45, 2.75) is 45.0 Å². The number of amides is 1. The number of nitrogens with zero attached hydrogens (tertiary/aromatic N) is 4. The number of para-hydroxylation sites is 1. The van der Waals surface area contributed by atoms with Crippen molar-refractivity contribution in [2.24, 2.45) is 0 Å². The minimum absolute atomic E-state index is 0.351. The molecule has 1 unspecified atom stereocenters. The predicted octanol–water partition coefficient (Wildman–Crippen LogP) is 6.00. The summed E-state index contributed by atoms with van der Waals surface area (Å²) in [6.07, 6.45) is 1.37. The number of fused-ring (bicyclic) bond motifs is 3. The molecule has 0 aliphatic rings. The summed E-state index contributed by atoms with van der Waals surface area (Å²) in [7, 11) is 0. The Labute approximate surface area is 225 Å². The number of hydrogen-bond acceptors (Lipinski definition) is 6. The van der Waals surface area contributed by atoms with Gasteiger partial charge in [0.05, 0.1) is 5.56 Å². The lowest BCUT2D eigenvalue weighted by atomic mass is 10.1. The largest absolute Gasteiger partial charge is 0.449 e. The summed E-state index contributed by atoms with van der Waals surface area (Å²) in [6, 6.07) is 21.1. The van der Waals surface area contributed by atoms with Crippen molar-refractivity contribution in [1.82, 2.24) is 19.3 Å². The molecule has 0 aliphatic carbocycles. The van der Waals surface area contributed by atoms with Crippen molar-refractivity contribution < 1.29 is 14.3 Å². The van der Waals surface area contributed by atoms with Gasteiger partial charge in [-0.2, -0.15) is 0 Å². The van der Waals surface area contributed by atoms with Crippen LogP contribution in [-0.4, -0.2) is 43.6 Å². The molecule has 0 aliphatic heterocycles. The second-order valence-corrected chi connectivity index (χ2v) is 9.67. The van der Waals surface area contributed by atoms with E-state index in [0.29, 0.717) is 17.7 Å². The van der Waals surface area contributed by atoms with E-state index in [2.05, 4.69) is 39.1 Å². The molecule has 3 aromatic carbocycles. The third-order valence-corrected chi connectivity index (χ3v) is 7.24. The number of carbonyl (C=O) groups excluding carboxylic acids is 2. The number of nitrogens with one attached hydrogen (secondary N) is 1. The summed E-state index contributed by atoms with van der Waals surface area (Å²) >= 11 is 1.49. The van der Waals surface area contributed by atoms with E-state index in [1.165, 1.54) is 11.8 Å². The fraction of sp³-hybridized carbons (Fsp3) is 0.241. The van der Waals surface area contributed by atoms with Crippen LogP contribution in [0.1, 0.15) is 36.5 Å². The zero-order valence-electron chi connectivity index (χ0n) is 21.8. The van der Waals surface area contributed by atoms with Crippen molar-refractivity contribution in [3.05, 3.63) is 78.1 Å². The van der Waals surface area contributed by atoms with E-state index in [1.54, 1.807) is 12.1 Å². The Hall–Kier alpha value is -4.11. The molecule has 0 radical (unpaired) electrons. The fourth-order valence-electron chi connectivity index (χ4n) is 4.73. The number of rotatable bonds is 8. The molecule has 0 bridgehead atoms. The highest BCUT2D eigenvalue weighted by Crippen LogP contribution is 2.31. The number of thioether (sulfide) groups is 1. The molecule has 0 fully saturated rings. The van der Waals surface area contributed by atoms with E-state index in [-0.39, 0.29) is 5.91 Å². The van der Waals surface area contributed by atoms with Gasteiger partial charge < -0.3 is 14.6 Å². The summed E-state index contributed by atoms with van der Waals surface area (Å²) < 4.78 is 9.78. The summed E-state index contributed by atoms with van der Waals surface area (Å²) in [6.45, 7) is 6.66. The third kappa shape index (κ3) is 4.65. The molecular weight excluding hydrogens is 498 g/mol. The Morgan fingerprint density at radius 3 is 2.42 bits per heavy atom. The van der Waals surface area contributed by atoms with Gasteiger partial charge >= 0.3 is 5.97 Å². The molecule has 5 rings (SSSR count). The Balaban J connectivity index is 1.31. The molecule has 38 heavy (non-hydrogen) atoms. The van der Waals surface area contributed by atoms with Gasteiger partial charge in [-0.3, -0.25) is 9.36 Å². The maximum absolute atomic E-state index is 13.1. The molecule has 2 aromatic heterocycles. The first kappa shape index (κ1) is 25.5. The monoisotopic (exact) mass is 527 g/mol. The maximum atomic E-state index is 13.1. The average Bonchev–Trinajstić information content (AvgIpc) is 3.48. The Morgan fingerprint density at radius 1 is 0.974 bits per heavy atom. The topological polar surface area (TPSA) is 91.0 Å². The third-order valence-electron chi connectivity index (χ3n) is 6.61. The van der Waals surface area contributed by atoms with Crippen LogP contribution in [0, 0.1) is 6.92 Å². The van der Waals surface area contributed by atoms with Gasteiger partial charge in [-0.1, -0.05) is 36.9 Å². The minimum Gasteiger partial charge on any atom is -0.449 e. The number of benzene rings is 3. The highest BCUT2D eigenvalue weighted by atomic mass is 32.2. The normalized spacial score (nSPS) is 12.1. The molecule has 0 saturated heterocycles. The molecule has 0 saturated carbocycles. The number of carbonyl (C=O) groups is 2. The minimum atomic E-state index is -0.918. The second-order valence-electron chi connectivity index (χ2n) is 8.90. The highest BCUT2D eigenvalue weighted by molar-refractivity contribution is 7.98. The summed E-state index contributed by atoms with van der Waals surface area (Å²) in [4.78, 5) is 26.0. The first-order valence-corrected chi connectivity index (χ1v) is 13.8. The molecule has 1 atom stereocenters. The Kier molecular flexibility index (Phi) is 7.20. The molecule has 8 nitrogen and oxygen atoms in total. The average molecular weight is 528 g/mol. The number of aryl methyl sites for hydroxylation is 2. The van der Waals surface area contributed by atoms with Crippen molar-refractivity contribution >= 4 is 51.1 Å². The zero-order valence-corrected chi connectivity index (χ0v) is 22.6. The SMILES string of the molecule is CCC(OC(=O)c1ccc(-n2c(C)nnc2SC)cc1)C(=O)Nc1ccc2c(c1)c1ccccc1n2CC. The molecule has 5 aromatic rings. The molecular formula is C29H29N5O3S. The molecule has 9 heteroatoms. The van der Waals surface area contributed by atoms with Gasteiger partial charge in [-0.05, 0) is 75.1 Å². The van der Waals surface area contributed by atoms with E-state index in [1.807, 2.05) is 67.1 Å². The van der Waals surface area contributed by atoms with Gasteiger partial charge in [0.15, 0.2) is 11.3 Å². The molecule has 0 spiro atoms. The van der Waals surface area contributed by atoms with Crippen LogP contribution in [0.3, 0.4) is 0 Å². The van der Waals surface area contributed by atoms with Gasteiger partial charge in [0.25, 0.3) is 5.91 Å². The number of hydrogen-bond donors (Lipinski definition) is 1. The van der Waals surface area contributed by atoms with Crippen LogP contribution in [0.2, 0.25) is 0 Å². The Bertz CT molecular complexity index is 1640. The molecule has 1 amide bonds. The van der Waals surface area contributed by atoms with Gasteiger partial charge in [0.1, 0.15) is 5.82 Å². The van der Waals surface area contributed by atoms with Crippen LogP contribution in [0.5, 0.6) is 0 Å². The predicted molar refractivity (Wildman–Crippen MR) is 151 cm³/mol. The number of esters is 1. The molecule has 194 valence electrons. The standard InChI is InChI=1S/C29H29N5O3S/c1-5-26(37-28(36)19-11-14-21(15-12-19)34-18(3)31-32-29(34)38-4)27(35)30-20-13-16-25-23(17-20)22-9-7-8-10-24(22)33(25)6-2/h7-17,26H,5-6H2,1-4H3,(H,30,35). The first-order chi connectivity index (χ1) is 18.4. The lowest BCUT2D eigenvalue weighted by Gasteiger charge is -2.16. The van der Waals surface area contributed by atoms with Crippen LogP contribution in [0.25, 0.3) is 27.5 Å². The summed E-state index contributed by atoms with van der Waals surface area (Å²) in [5.41, 5.74) is 4.14. The lowest BCUT2D eigenvalue weighted by molar-refractivity contribution is -0.124. The van der Waals surface area contributed by atoms with Crippen LogP contribution in [0.15, 0.2) is 71.9 Å². The quantitative estimate of drug-likeness (QED) is 0.197. The van der Waals surface area contributed by atoms with Crippen molar-refractivity contribution in [3.8, 4) is 5.69 Å². The van der Waals surface area contributed by atoms with Crippen LogP contribution >= 0.6 is 11.8 Å². The van der Waals surface area contributed by atoms with Gasteiger partial charge in [0.2, 0.25) is 0 Å². The van der Waals surface area contributed by atoms with Crippen LogP contribution < -0.4 is 5.32 Å². The second kappa shape index (κ2) is 10.7. The maximum Gasteiger partial charge on any atom is 0.338 e. The van der Waals surface area contributed by atoms with Gasteiger partial charge in [-0.25, -0.2) is 4.79 Å². The van der Waals surface area contributed by atoms with E-state index in [4.69, 9.17) is 4.74 Å². The van der Waals surface area contributed by atoms with Crippen molar-refractivity contribution in [1.29, 1.82) is 0 Å². The van der Waals surface area contributed by atoms with Gasteiger partial charge in [-0.15, -0.1) is 10.2 Å². The lowest BCUT2D eigenvalue weighted by Crippen LogP contribution is -2.32. The van der Waals surface area contributed by atoms with Crippen molar-refractivity contribution in [3.63, 3.8) is 0 Å². The Morgan fingerprint density at radius 2 is 1.71 bits per heavy atom. The van der Waals surface area contributed by atoms with E-state index in [9.17, 15) is 9.59 Å². The van der Waals surface area contributed by atoms with Gasteiger partial charge in [0, 0.05) is 39.7 Å². The number of aromatic nitrogens is 4. The van der Waals surface area contributed by atoms with Crippen LogP contribution in [0.4, 0.5) is 5.69 Å². The number of ether oxygens (including phenoxy) is 1. The van der Waals surface area contributed by atoms with E-state index in [0.717, 1.165) is 45.0 Å². The zero-order chi connectivity index (χ0) is 26.8. The summed E-state index contributed by atoms with van der Waals surface area (Å²) in [5, 5.41) is 14.2.